The fourth-order valence-electron chi connectivity index (χ4n) is 1.82. The average Bonchev–Trinajstić information content (AvgIpc) is 2.17. The largest absolute Gasteiger partial charge is 0.311 e. The minimum atomic E-state index is -0.731. The highest BCUT2D eigenvalue weighted by Gasteiger charge is 2.09. The van der Waals surface area contributed by atoms with Gasteiger partial charge in [0.15, 0.2) is 0 Å². The molecule has 1 heterocycles. The van der Waals surface area contributed by atoms with Gasteiger partial charge in [-0.1, -0.05) is 0 Å². The van der Waals surface area contributed by atoms with Crippen LogP contribution in [0.1, 0.15) is 19.4 Å². The third-order valence-electron chi connectivity index (χ3n) is 2.34. The first-order valence-electron chi connectivity index (χ1n) is 5.53. The van der Waals surface area contributed by atoms with Crippen LogP contribution >= 0.6 is 0 Å². The lowest BCUT2D eigenvalue weighted by atomic mass is 10.1. The van der Waals surface area contributed by atoms with Crippen LogP contribution in [0, 0.1) is 0 Å². The number of nitrogens with one attached hydrogen (secondary N) is 1. The van der Waals surface area contributed by atoms with Crippen LogP contribution in [0.4, 0.5) is 0 Å². The Hall–Kier alpha value is -0.740. The van der Waals surface area contributed by atoms with Gasteiger partial charge in [0, 0.05) is 47.3 Å². The van der Waals surface area contributed by atoms with Crippen LogP contribution in [0.3, 0.4) is 0 Å². The molecular formula is C12H20N2OS. The molecule has 1 aromatic heterocycles. The molecular weight excluding hydrogens is 220 g/mol. The van der Waals surface area contributed by atoms with Crippen molar-refractivity contribution in [3.05, 3.63) is 30.1 Å². The van der Waals surface area contributed by atoms with Gasteiger partial charge < -0.3 is 5.32 Å². The SMILES string of the molecule is CC(Cc1ccncc1)NC(C)CS(C)=O. The van der Waals surface area contributed by atoms with Crippen molar-refractivity contribution in [2.24, 2.45) is 0 Å². The molecule has 0 saturated heterocycles. The molecule has 0 radical (unpaired) electrons. The van der Waals surface area contributed by atoms with E-state index in [-0.39, 0.29) is 0 Å². The quantitative estimate of drug-likeness (QED) is 0.816. The highest BCUT2D eigenvalue weighted by atomic mass is 32.2. The Morgan fingerprint density at radius 3 is 2.50 bits per heavy atom. The molecule has 1 N–H and O–H groups in total. The van der Waals surface area contributed by atoms with Gasteiger partial charge in [-0.05, 0) is 38.0 Å². The van der Waals surface area contributed by atoms with Crippen LogP contribution in [-0.4, -0.2) is 33.3 Å². The van der Waals surface area contributed by atoms with Gasteiger partial charge in [0.2, 0.25) is 0 Å². The molecule has 0 aliphatic rings. The molecule has 0 bridgehead atoms. The predicted octanol–water partition coefficient (Wildman–Crippen LogP) is 1.37. The molecule has 3 unspecified atom stereocenters. The summed E-state index contributed by atoms with van der Waals surface area (Å²) in [5.74, 6) is 0.709. The zero-order valence-corrected chi connectivity index (χ0v) is 11.0. The third kappa shape index (κ3) is 5.37. The first-order valence-corrected chi connectivity index (χ1v) is 7.25. The van der Waals surface area contributed by atoms with Crippen LogP contribution in [0.5, 0.6) is 0 Å². The molecule has 0 amide bonds. The molecule has 0 aliphatic heterocycles. The topological polar surface area (TPSA) is 42.0 Å². The van der Waals surface area contributed by atoms with E-state index in [0.29, 0.717) is 17.8 Å². The molecule has 16 heavy (non-hydrogen) atoms. The smallest absolute Gasteiger partial charge is 0.0383 e. The lowest BCUT2D eigenvalue weighted by molar-refractivity contribution is 0.489. The molecule has 0 aliphatic carbocycles. The normalized spacial score (nSPS) is 16.7. The number of nitrogens with zero attached hydrogens (tertiary/aromatic N) is 1. The van der Waals surface area contributed by atoms with E-state index in [0.717, 1.165) is 6.42 Å². The molecule has 0 aromatic carbocycles. The number of aromatic nitrogens is 1. The summed E-state index contributed by atoms with van der Waals surface area (Å²) in [6.45, 7) is 4.22. The van der Waals surface area contributed by atoms with Gasteiger partial charge in [-0.25, -0.2) is 0 Å². The van der Waals surface area contributed by atoms with Crippen LogP contribution in [0.15, 0.2) is 24.5 Å². The maximum absolute atomic E-state index is 11.1. The van der Waals surface area contributed by atoms with Crippen molar-refractivity contribution >= 4 is 10.8 Å². The van der Waals surface area contributed by atoms with Crippen molar-refractivity contribution in [3.63, 3.8) is 0 Å². The van der Waals surface area contributed by atoms with E-state index in [2.05, 4.69) is 24.1 Å². The van der Waals surface area contributed by atoms with E-state index in [1.54, 1.807) is 6.26 Å². The van der Waals surface area contributed by atoms with Gasteiger partial charge in [-0.15, -0.1) is 0 Å². The van der Waals surface area contributed by atoms with Crippen LogP contribution in [-0.2, 0) is 17.2 Å². The molecule has 90 valence electrons. The van der Waals surface area contributed by atoms with Gasteiger partial charge in [0.25, 0.3) is 0 Å². The summed E-state index contributed by atoms with van der Waals surface area (Å²) >= 11 is 0. The fraction of sp³-hybridized carbons (Fsp3) is 0.583. The molecule has 0 saturated carbocycles. The summed E-state index contributed by atoms with van der Waals surface area (Å²) < 4.78 is 11.1. The molecule has 4 heteroatoms. The summed E-state index contributed by atoms with van der Waals surface area (Å²) in [7, 11) is -0.731. The molecule has 3 atom stereocenters. The Morgan fingerprint density at radius 2 is 1.94 bits per heavy atom. The molecule has 1 aromatic rings. The van der Waals surface area contributed by atoms with Crippen LogP contribution in [0.2, 0.25) is 0 Å². The summed E-state index contributed by atoms with van der Waals surface area (Å²) in [6, 6.07) is 4.74. The minimum absolute atomic E-state index is 0.294. The Morgan fingerprint density at radius 1 is 1.31 bits per heavy atom. The van der Waals surface area contributed by atoms with Gasteiger partial charge in [-0.3, -0.25) is 9.19 Å². The number of hydrogen-bond acceptors (Lipinski definition) is 3. The molecule has 1 rings (SSSR count). The monoisotopic (exact) mass is 240 g/mol. The average molecular weight is 240 g/mol. The number of pyridine rings is 1. The van der Waals surface area contributed by atoms with Gasteiger partial charge in [0.1, 0.15) is 0 Å². The standard InChI is InChI=1S/C12H20N2OS/c1-10(14-11(2)9-16(3)15)8-12-4-6-13-7-5-12/h4-7,10-11,14H,8-9H2,1-3H3. The van der Waals surface area contributed by atoms with Crippen molar-refractivity contribution in [3.8, 4) is 0 Å². The van der Waals surface area contributed by atoms with Crippen LogP contribution < -0.4 is 5.32 Å². The summed E-state index contributed by atoms with van der Waals surface area (Å²) in [6.07, 6.45) is 6.34. The molecule has 0 fully saturated rings. The van der Waals surface area contributed by atoms with E-state index in [1.807, 2.05) is 24.5 Å². The van der Waals surface area contributed by atoms with E-state index >= 15 is 0 Å². The summed E-state index contributed by atoms with van der Waals surface area (Å²) in [4.78, 5) is 3.99. The van der Waals surface area contributed by atoms with Crippen molar-refractivity contribution < 1.29 is 4.21 Å². The predicted molar refractivity (Wildman–Crippen MR) is 68.9 cm³/mol. The third-order valence-corrected chi connectivity index (χ3v) is 3.31. The lowest BCUT2D eigenvalue weighted by Gasteiger charge is -2.19. The number of hydrogen-bond donors (Lipinski definition) is 1. The van der Waals surface area contributed by atoms with Gasteiger partial charge in [0.05, 0.1) is 0 Å². The van der Waals surface area contributed by atoms with Crippen molar-refractivity contribution in [2.45, 2.75) is 32.4 Å². The zero-order valence-electron chi connectivity index (χ0n) is 10.1. The second-order valence-corrected chi connectivity index (χ2v) is 5.75. The van der Waals surface area contributed by atoms with Crippen molar-refractivity contribution in [1.82, 2.24) is 10.3 Å². The Bertz CT molecular complexity index is 329. The minimum Gasteiger partial charge on any atom is -0.311 e. The van der Waals surface area contributed by atoms with Crippen molar-refractivity contribution in [1.29, 1.82) is 0 Å². The van der Waals surface area contributed by atoms with Gasteiger partial charge >= 0.3 is 0 Å². The highest BCUT2D eigenvalue weighted by molar-refractivity contribution is 7.84. The highest BCUT2D eigenvalue weighted by Crippen LogP contribution is 2.02. The Balaban J connectivity index is 2.36. The van der Waals surface area contributed by atoms with Crippen molar-refractivity contribution in [2.75, 3.05) is 12.0 Å². The van der Waals surface area contributed by atoms with E-state index < -0.39 is 10.8 Å². The Kier molecular flexibility index (Phi) is 5.63. The Labute approximate surface area is 100 Å². The van der Waals surface area contributed by atoms with E-state index in [9.17, 15) is 4.21 Å². The van der Waals surface area contributed by atoms with Gasteiger partial charge in [-0.2, -0.15) is 0 Å². The first kappa shape index (κ1) is 13.3. The second-order valence-electron chi connectivity index (χ2n) is 4.27. The van der Waals surface area contributed by atoms with E-state index in [1.165, 1.54) is 5.56 Å². The fourth-order valence-corrected chi connectivity index (χ4v) is 2.62. The molecule has 3 nitrogen and oxygen atoms in total. The lowest BCUT2D eigenvalue weighted by Crippen LogP contribution is -2.38. The summed E-state index contributed by atoms with van der Waals surface area (Å²) in [5.41, 5.74) is 1.28. The first-order chi connectivity index (χ1) is 7.58. The zero-order chi connectivity index (χ0) is 12.0. The summed E-state index contributed by atoms with van der Waals surface area (Å²) in [5, 5.41) is 3.45. The van der Waals surface area contributed by atoms with Crippen LogP contribution in [0.25, 0.3) is 0 Å². The molecule has 0 spiro atoms. The number of rotatable bonds is 6. The second kappa shape index (κ2) is 6.76. The maximum Gasteiger partial charge on any atom is 0.0383 e. The van der Waals surface area contributed by atoms with E-state index in [4.69, 9.17) is 0 Å². The maximum atomic E-state index is 11.1.